The Balaban J connectivity index is 0.000000344. The second-order valence-corrected chi connectivity index (χ2v) is 12.1. The lowest BCUT2D eigenvalue weighted by molar-refractivity contribution is -0.145. The van der Waals surface area contributed by atoms with Crippen LogP contribution in [0.25, 0.3) is 0 Å². The molecule has 0 atom stereocenters. The number of likely N-dealkylation sites (tertiary alicyclic amines) is 2. The third kappa shape index (κ3) is 10.8. The molecule has 200 valence electrons. The molecule has 0 N–H and O–H groups in total. The van der Waals surface area contributed by atoms with Crippen molar-refractivity contribution in [2.75, 3.05) is 7.05 Å². The van der Waals surface area contributed by atoms with Gasteiger partial charge in [-0.2, -0.15) is 0 Å². The van der Waals surface area contributed by atoms with Gasteiger partial charge in [0.15, 0.2) is 0 Å². The summed E-state index contributed by atoms with van der Waals surface area (Å²) >= 11 is 0. The van der Waals surface area contributed by atoms with Crippen LogP contribution in [0.3, 0.4) is 0 Å². The molecule has 4 heteroatoms. The molecule has 34 heavy (non-hydrogen) atoms. The van der Waals surface area contributed by atoms with Crippen LogP contribution in [0, 0.1) is 0 Å². The Morgan fingerprint density at radius 2 is 0.912 bits per heavy atom. The fraction of sp³-hybridized carbons (Fsp3) is 0.933. The van der Waals surface area contributed by atoms with E-state index in [1.165, 1.54) is 94.8 Å². The zero-order valence-corrected chi connectivity index (χ0v) is 24.0. The van der Waals surface area contributed by atoms with Crippen molar-refractivity contribution < 1.29 is 9.59 Å². The van der Waals surface area contributed by atoms with Crippen LogP contribution < -0.4 is 0 Å². The molecule has 2 heterocycles. The topological polar surface area (TPSA) is 40.6 Å². The van der Waals surface area contributed by atoms with Gasteiger partial charge < -0.3 is 0 Å². The lowest BCUT2D eigenvalue weighted by Gasteiger charge is -2.54. The fourth-order valence-electron chi connectivity index (χ4n) is 5.77. The van der Waals surface area contributed by atoms with Crippen LogP contribution in [0.5, 0.6) is 0 Å². The molecular weight excluding hydrogens is 420 g/mol. The lowest BCUT2D eigenvalue weighted by Crippen LogP contribution is -2.63. The van der Waals surface area contributed by atoms with Gasteiger partial charge in [0, 0.05) is 30.0 Å². The lowest BCUT2D eigenvalue weighted by atomic mass is 9.77. The number of imide groups is 1. The van der Waals surface area contributed by atoms with Crippen LogP contribution in [0.1, 0.15) is 157 Å². The van der Waals surface area contributed by atoms with Crippen molar-refractivity contribution in [3.05, 3.63) is 0 Å². The highest BCUT2D eigenvalue weighted by Gasteiger charge is 2.48. The zero-order valence-electron chi connectivity index (χ0n) is 24.0. The summed E-state index contributed by atoms with van der Waals surface area (Å²) in [5, 5.41) is 0. The van der Waals surface area contributed by atoms with Crippen LogP contribution in [-0.4, -0.2) is 45.8 Å². The van der Waals surface area contributed by atoms with Gasteiger partial charge in [-0.05, 0) is 47.6 Å². The number of carbonyl (C=O) groups excluding carboxylic acids is 2. The molecule has 0 aliphatic carbocycles. The number of nitrogens with zero attached hydrogens (tertiary/aromatic N) is 2. The van der Waals surface area contributed by atoms with Crippen molar-refractivity contribution in [1.82, 2.24) is 9.80 Å². The summed E-state index contributed by atoms with van der Waals surface area (Å²) in [5.41, 5.74) is 0.0190. The Kier molecular flexibility index (Phi) is 14.6. The quantitative estimate of drug-likeness (QED) is 0.186. The molecule has 0 aromatic rings. The van der Waals surface area contributed by atoms with Gasteiger partial charge in [-0.15, -0.1) is 0 Å². The van der Waals surface area contributed by atoms with Crippen molar-refractivity contribution in [2.24, 2.45) is 0 Å². The Morgan fingerprint density at radius 1 is 0.618 bits per heavy atom. The number of piperidine rings is 1. The molecule has 2 aliphatic heterocycles. The van der Waals surface area contributed by atoms with E-state index < -0.39 is 0 Å². The molecule has 0 saturated carbocycles. The van der Waals surface area contributed by atoms with E-state index in [-0.39, 0.29) is 28.9 Å². The molecule has 2 saturated heterocycles. The first-order valence-electron chi connectivity index (χ1n) is 14.7. The van der Waals surface area contributed by atoms with Crippen LogP contribution in [0.15, 0.2) is 0 Å². The molecule has 0 unspecified atom stereocenters. The first kappa shape index (κ1) is 31.1. The van der Waals surface area contributed by atoms with Crippen molar-refractivity contribution in [3.8, 4) is 0 Å². The third-order valence-corrected chi connectivity index (χ3v) is 8.20. The van der Waals surface area contributed by atoms with E-state index in [0.717, 1.165) is 12.8 Å². The SMILES string of the molecule is CCCCCCCCCCCCCCCC.CN1C(C)(C)CC(N2C(=O)CCC2=O)CC1(C)C. The fourth-order valence-corrected chi connectivity index (χ4v) is 5.77. The summed E-state index contributed by atoms with van der Waals surface area (Å²) in [6, 6.07) is 0.0636. The highest BCUT2D eigenvalue weighted by Crippen LogP contribution is 2.40. The summed E-state index contributed by atoms with van der Waals surface area (Å²) < 4.78 is 0. The average Bonchev–Trinajstić information content (AvgIpc) is 3.11. The van der Waals surface area contributed by atoms with Gasteiger partial charge in [-0.25, -0.2) is 0 Å². The number of hydrogen-bond acceptors (Lipinski definition) is 3. The minimum Gasteiger partial charge on any atom is -0.296 e. The Morgan fingerprint density at radius 3 is 1.21 bits per heavy atom. The average molecular weight is 479 g/mol. The second-order valence-electron chi connectivity index (χ2n) is 12.1. The molecular formula is C30H58N2O2. The number of carbonyl (C=O) groups is 2. The van der Waals surface area contributed by atoms with Crippen molar-refractivity contribution in [3.63, 3.8) is 0 Å². The predicted octanol–water partition coefficient (Wildman–Crippen LogP) is 8.27. The van der Waals surface area contributed by atoms with E-state index >= 15 is 0 Å². The predicted molar refractivity (Wildman–Crippen MR) is 146 cm³/mol. The molecule has 0 aromatic carbocycles. The van der Waals surface area contributed by atoms with E-state index in [0.29, 0.717) is 12.8 Å². The summed E-state index contributed by atoms with van der Waals surface area (Å²) in [5.74, 6) is 0.0299. The van der Waals surface area contributed by atoms with Crippen molar-refractivity contribution in [1.29, 1.82) is 0 Å². The number of unbranched alkanes of at least 4 members (excludes halogenated alkanes) is 13. The normalized spacial score (nSPS) is 20.5. The number of rotatable bonds is 14. The van der Waals surface area contributed by atoms with Crippen LogP contribution in [0.2, 0.25) is 0 Å². The maximum atomic E-state index is 11.9. The largest absolute Gasteiger partial charge is 0.296 e. The molecule has 0 bridgehead atoms. The van der Waals surface area contributed by atoms with Gasteiger partial charge in [-0.1, -0.05) is 104 Å². The molecule has 0 spiro atoms. The molecule has 2 aliphatic rings. The van der Waals surface area contributed by atoms with Crippen LogP contribution in [0.4, 0.5) is 0 Å². The maximum absolute atomic E-state index is 11.9. The molecule has 2 amide bonds. The number of hydrogen-bond donors (Lipinski definition) is 0. The molecule has 2 fully saturated rings. The van der Waals surface area contributed by atoms with E-state index in [9.17, 15) is 9.59 Å². The summed E-state index contributed by atoms with van der Waals surface area (Å²) in [6.45, 7) is 13.3. The van der Waals surface area contributed by atoms with E-state index in [1.54, 1.807) is 0 Å². The Hall–Kier alpha value is -0.900. The highest BCUT2D eigenvalue weighted by molar-refractivity contribution is 6.02. The molecule has 4 nitrogen and oxygen atoms in total. The van der Waals surface area contributed by atoms with Crippen LogP contribution >= 0.6 is 0 Å². The van der Waals surface area contributed by atoms with Gasteiger partial charge in [0.2, 0.25) is 11.8 Å². The smallest absolute Gasteiger partial charge is 0.229 e. The summed E-state index contributed by atoms with van der Waals surface area (Å²) in [4.78, 5) is 27.7. The monoisotopic (exact) mass is 478 g/mol. The number of amides is 2. The zero-order chi connectivity index (χ0) is 25.6. The van der Waals surface area contributed by atoms with E-state index in [2.05, 4.69) is 53.5 Å². The minimum atomic E-state index is 0.00949. The highest BCUT2D eigenvalue weighted by atomic mass is 16.2. The standard InChI is InChI=1S/C16H34.C14H24N2O2/c1-3-5-7-9-11-13-15-16-14-12-10-8-6-4-2;1-13(2)8-10(9-14(3,4)15(13)5)16-11(17)6-7-12(16)18/h3-16H2,1-2H3;10H,6-9H2,1-5H3. The van der Waals surface area contributed by atoms with Crippen molar-refractivity contribution >= 4 is 11.8 Å². The molecule has 2 rings (SSSR count). The van der Waals surface area contributed by atoms with Gasteiger partial charge in [0.05, 0.1) is 0 Å². The van der Waals surface area contributed by atoms with Crippen LogP contribution in [-0.2, 0) is 9.59 Å². The van der Waals surface area contributed by atoms with Gasteiger partial charge in [-0.3, -0.25) is 19.4 Å². The van der Waals surface area contributed by atoms with Gasteiger partial charge >= 0.3 is 0 Å². The second kappa shape index (κ2) is 16.0. The van der Waals surface area contributed by atoms with Crippen molar-refractivity contribution in [2.45, 2.75) is 174 Å². The van der Waals surface area contributed by atoms with E-state index in [4.69, 9.17) is 0 Å². The third-order valence-electron chi connectivity index (χ3n) is 8.20. The molecule has 0 aromatic heterocycles. The maximum Gasteiger partial charge on any atom is 0.229 e. The Bertz CT molecular complexity index is 536. The van der Waals surface area contributed by atoms with Gasteiger partial charge in [0.1, 0.15) is 0 Å². The minimum absolute atomic E-state index is 0.00949. The summed E-state index contributed by atoms with van der Waals surface area (Å²) in [6.07, 6.45) is 22.9. The van der Waals surface area contributed by atoms with E-state index in [1.807, 2.05) is 0 Å². The first-order chi connectivity index (χ1) is 16.1. The first-order valence-corrected chi connectivity index (χ1v) is 14.7. The Labute approximate surface area is 212 Å². The molecule has 0 radical (unpaired) electrons. The summed E-state index contributed by atoms with van der Waals surface area (Å²) in [7, 11) is 2.13. The van der Waals surface area contributed by atoms with Gasteiger partial charge in [0.25, 0.3) is 0 Å².